The average Bonchev–Trinajstić information content (AvgIpc) is 3.03. The van der Waals surface area contributed by atoms with Gasteiger partial charge in [-0.05, 0) is 24.6 Å². The van der Waals surface area contributed by atoms with Crippen LogP contribution in [0, 0.1) is 0 Å². The smallest absolute Gasteiger partial charge is 0.338 e. The van der Waals surface area contributed by atoms with Crippen molar-refractivity contribution in [3.8, 4) is 10.6 Å². The van der Waals surface area contributed by atoms with E-state index in [2.05, 4.69) is 9.97 Å². The molecule has 3 heterocycles. The van der Waals surface area contributed by atoms with Gasteiger partial charge in [-0.1, -0.05) is 18.5 Å². The van der Waals surface area contributed by atoms with Crippen LogP contribution in [0.4, 0.5) is 0 Å². The quantitative estimate of drug-likeness (QED) is 0.703. The Labute approximate surface area is 150 Å². The number of thiophene rings is 1. The van der Waals surface area contributed by atoms with E-state index in [1.165, 1.54) is 29.1 Å². The van der Waals surface area contributed by atoms with E-state index in [1.54, 1.807) is 12.1 Å². The highest BCUT2D eigenvalue weighted by molar-refractivity contribution is 7.19. The molecule has 1 N–H and O–H groups in total. The number of nitrogens with one attached hydrogen (secondary N) is 1. The summed E-state index contributed by atoms with van der Waals surface area (Å²) in [6.07, 6.45) is 0.658. The first-order chi connectivity index (χ1) is 12.0. The van der Waals surface area contributed by atoms with Crippen molar-refractivity contribution < 1.29 is 9.53 Å². The van der Waals surface area contributed by atoms with Gasteiger partial charge in [-0.2, -0.15) is 0 Å². The fourth-order valence-corrected chi connectivity index (χ4v) is 3.56. The number of esters is 1. The van der Waals surface area contributed by atoms with Crippen LogP contribution in [0.5, 0.6) is 0 Å². The summed E-state index contributed by atoms with van der Waals surface area (Å²) in [5.74, 6) is -0.677. The van der Waals surface area contributed by atoms with Crippen LogP contribution < -0.4 is 11.2 Å². The summed E-state index contributed by atoms with van der Waals surface area (Å²) in [5.41, 5.74) is -0.587. The highest BCUT2D eigenvalue weighted by atomic mass is 35.5. The maximum absolute atomic E-state index is 12.3. The number of hydrogen-bond acceptors (Lipinski definition) is 6. The molecule has 0 atom stereocenters. The lowest BCUT2D eigenvalue weighted by Gasteiger charge is -2.11. The number of rotatable bonds is 4. The molecule has 3 rings (SSSR count). The normalized spacial score (nSPS) is 11.0. The number of halogens is 1. The average molecular weight is 380 g/mol. The van der Waals surface area contributed by atoms with Gasteiger partial charge in [0.2, 0.25) is 0 Å². The molecular weight excluding hydrogens is 366 g/mol. The third kappa shape index (κ3) is 3.10. The Morgan fingerprint density at radius 3 is 2.76 bits per heavy atom. The molecule has 3 aromatic rings. The van der Waals surface area contributed by atoms with Gasteiger partial charge in [0.25, 0.3) is 5.56 Å². The van der Waals surface area contributed by atoms with Gasteiger partial charge >= 0.3 is 11.7 Å². The van der Waals surface area contributed by atoms with Gasteiger partial charge in [-0.15, -0.1) is 11.3 Å². The molecule has 0 bridgehead atoms. The highest BCUT2D eigenvalue weighted by Crippen LogP contribution is 2.31. The lowest BCUT2D eigenvalue weighted by Crippen LogP contribution is -2.32. The molecule has 7 nitrogen and oxygen atoms in total. The number of ether oxygens (including phenoxy) is 1. The van der Waals surface area contributed by atoms with Crippen LogP contribution >= 0.6 is 22.9 Å². The first-order valence-electron chi connectivity index (χ1n) is 7.48. The lowest BCUT2D eigenvalue weighted by molar-refractivity contribution is 0.0603. The Morgan fingerprint density at radius 2 is 2.16 bits per heavy atom. The molecule has 0 saturated heterocycles. The Balaban J connectivity index is 2.45. The van der Waals surface area contributed by atoms with Crippen molar-refractivity contribution in [2.24, 2.45) is 0 Å². The van der Waals surface area contributed by atoms with E-state index in [9.17, 15) is 14.4 Å². The summed E-state index contributed by atoms with van der Waals surface area (Å²) in [5, 5.41) is 0.0336. The summed E-state index contributed by atoms with van der Waals surface area (Å²) in [6, 6.07) is 4.95. The molecule has 130 valence electrons. The zero-order valence-corrected chi connectivity index (χ0v) is 15.0. The summed E-state index contributed by atoms with van der Waals surface area (Å²) in [4.78, 5) is 44.1. The zero-order valence-electron chi connectivity index (χ0n) is 13.5. The Hall–Kier alpha value is -2.45. The van der Waals surface area contributed by atoms with Crippen molar-refractivity contribution in [1.82, 2.24) is 14.5 Å². The summed E-state index contributed by atoms with van der Waals surface area (Å²) < 4.78 is 6.71. The molecule has 0 amide bonds. The number of nitrogens with zero attached hydrogens (tertiary/aromatic N) is 2. The van der Waals surface area contributed by atoms with Crippen molar-refractivity contribution >= 4 is 39.9 Å². The highest BCUT2D eigenvalue weighted by Gasteiger charge is 2.20. The third-order valence-electron chi connectivity index (χ3n) is 3.63. The number of aromatic amines is 1. The molecule has 0 fully saturated rings. The van der Waals surface area contributed by atoms with Gasteiger partial charge < -0.3 is 4.74 Å². The summed E-state index contributed by atoms with van der Waals surface area (Å²) in [7, 11) is 1.23. The number of aryl methyl sites for hydroxylation is 1. The second-order valence-corrected chi connectivity index (χ2v) is 6.98. The molecular formula is C16H14ClN3O4S. The minimum absolute atomic E-state index is 0.0336. The Kier molecular flexibility index (Phi) is 4.73. The topological polar surface area (TPSA) is 94.1 Å². The maximum Gasteiger partial charge on any atom is 0.338 e. The molecule has 0 saturated carbocycles. The van der Waals surface area contributed by atoms with E-state index in [-0.39, 0.29) is 16.6 Å². The van der Waals surface area contributed by atoms with Gasteiger partial charge in [0, 0.05) is 6.54 Å². The van der Waals surface area contributed by atoms with Crippen molar-refractivity contribution in [2.75, 3.05) is 7.11 Å². The van der Waals surface area contributed by atoms with Crippen molar-refractivity contribution in [3.63, 3.8) is 0 Å². The van der Waals surface area contributed by atoms with Crippen molar-refractivity contribution in [1.29, 1.82) is 0 Å². The molecule has 9 heteroatoms. The molecule has 3 aromatic heterocycles. The number of carbonyl (C=O) groups is 1. The van der Waals surface area contributed by atoms with Crippen LogP contribution in [0.15, 0.2) is 27.8 Å². The van der Waals surface area contributed by atoms with Crippen molar-refractivity contribution in [2.45, 2.75) is 19.9 Å². The van der Waals surface area contributed by atoms with E-state index < -0.39 is 17.2 Å². The number of pyridine rings is 1. The molecule has 0 aliphatic heterocycles. The fraction of sp³-hybridized carbons (Fsp3) is 0.250. The lowest BCUT2D eigenvalue weighted by atomic mass is 10.1. The summed E-state index contributed by atoms with van der Waals surface area (Å²) >= 11 is 7.26. The molecule has 25 heavy (non-hydrogen) atoms. The van der Waals surface area contributed by atoms with Crippen LogP contribution in [-0.2, 0) is 11.3 Å². The van der Waals surface area contributed by atoms with Gasteiger partial charge in [0.15, 0.2) is 5.65 Å². The van der Waals surface area contributed by atoms with Crippen LogP contribution in [0.1, 0.15) is 23.7 Å². The number of hydrogen-bond donors (Lipinski definition) is 1. The Morgan fingerprint density at radius 1 is 1.40 bits per heavy atom. The first-order valence-corrected chi connectivity index (χ1v) is 8.67. The standard InChI is InChI=1S/C16H14ClN3O4S/c1-3-6-20-13-12(14(21)19-16(20)23)8(15(22)24-2)7-9(18-13)10-4-5-11(17)25-10/h4-5,7H,3,6H2,1-2H3,(H,19,21,23). The SMILES string of the molecule is CCCn1c(=O)[nH]c(=O)c2c(C(=O)OC)cc(-c3ccc(Cl)s3)nc21. The van der Waals surface area contributed by atoms with E-state index in [1.807, 2.05) is 6.92 Å². The van der Waals surface area contributed by atoms with Gasteiger partial charge in [0.05, 0.1) is 33.0 Å². The maximum atomic E-state index is 12.3. The second kappa shape index (κ2) is 6.81. The molecule has 0 aromatic carbocycles. The summed E-state index contributed by atoms with van der Waals surface area (Å²) in [6.45, 7) is 2.25. The van der Waals surface area contributed by atoms with Crippen LogP contribution in [0.3, 0.4) is 0 Å². The number of fused-ring (bicyclic) bond motifs is 1. The molecule has 0 unspecified atom stereocenters. The molecule has 0 radical (unpaired) electrons. The second-order valence-electron chi connectivity index (χ2n) is 5.26. The number of carbonyl (C=O) groups excluding carboxylic acids is 1. The molecule has 0 aliphatic carbocycles. The minimum atomic E-state index is -0.677. The monoisotopic (exact) mass is 379 g/mol. The van der Waals surface area contributed by atoms with E-state index in [0.717, 1.165) is 0 Å². The largest absolute Gasteiger partial charge is 0.465 e. The molecule has 0 spiro atoms. The third-order valence-corrected chi connectivity index (χ3v) is 4.88. The molecule has 0 aliphatic rings. The van der Waals surface area contributed by atoms with Crippen LogP contribution in [0.25, 0.3) is 21.6 Å². The number of methoxy groups -OCH3 is 1. The predicted molar refractivity (Wildman–Crippen MR) is 96.6 cm³/mol. The van der Waals surface area contributed by atoms with Crippen LogP contribution in [-0.4, -0.2) is 27.6 Å². The van der Waals surface area contributed by atoms with E-state index >= 15 is 0 Å². The van der Waals surface area contributed by atoms with Gasteiger partial charge in [0.1, 0.15) is 0 Å². The van der Waals surface area contributed by atoms with E-state index in [4.69, 9.17) is 16.3 Å². The fourth-order valence-electron chi connectivity index (χ4n) is 2.55. The van der Waals surface area contributed by atoms with Crippen molar-refractivity contribution in [3.05, 3.63) is 48.9 Å². The number of H-pyrrole nitrogens is 1. The Bertz CT molecular complexity index is 1080. The number of aromatic nitrogens is 3. The van der Waals surface area contributed by atoms with Gasteiger partial charge in [-0.25, -0.2) is 14.6 Å². The first kappa shape index (κ1) is 17.4. The predicted octanol–water partition coefficient (Wildman–Crippen LogP) is 2.66. The van der Waals surface area contributed by atoms with Crippen LogP contribution in [0.2, 0.25) is 4.34 Å². The minimum Gasteiger partial charge on any atom is -0.465 e. The van der Waals surface area contributed by atoms with E-state index in [0.29, 0.717) is 27.9 Å². The van der Waals surface area contributed by atoms with Gasteiger partial charge in [-0.3, -0.25) is 14.3 Å². The zero-order chi connectivity index (χ0) is 18.1.